The zero-order valence-corrected chi connectivity index (χ0v) is 33.3. The van der Waals surface area contributed by atoms with Gasteiger partial charge >= 0.3 is 0 Å². The topological polar surface area (TPSA) is 210 Å². The van der Waals surface area contributed by atoms with Crippen molar-refractivity contribution in [1.29, 1.82) is 5.26 Å². The average Bonchev–Trinajstić information content (AvgIpc) is 3.98. The fourth-order valence-electron chi connectivity index (χ4n) is 8.81. The van der Waals surface area contributed by atoms with Gasteiger partial charge in [-0.15, -0.1) is 10.2 Å². The lowest BCUT2D eigenvalue weighted by Gasteiger charge is -2.36. The number of pyridine rings is 2. The van der Waals surface area contributed by atoms with E-state index in [1.165, 1.54) is 0 Å². The van der Waals surface area contributed by atoms with E-state index in [9.17, 15) is 29.2 Å². The number of carbonyl (C=O) groups is 5. The number of amides is 5. The summed E-state index contributed by atoms with van der Waals surface area (Å²) in [7, 11) is 1.88. The molecule has 7 heterocycles. The highest BCUT2D eigenvalue weighted by Crippen LogP contribution is 2.40. The van der Waals surface area contributed by atoms with Crippen molar-refractivity contribution >= 4 is 63.9 Å². The number of hydrogen-bond acceptors (Lipinski definition) is 15. The van der Waals surface area contributed by atoms with Gasteiger partial charge in [-0.1, -0.05) is 11.3 Å². The predicted molar refractivity (Wildman–Crippen MR) is 217 cm³/mol. The van der Waals surface area contributed by atoms with Gasteiger partial charge in [0, 0.05) is 88.0 Å². The van der Waals surface area contributed by atoms with Crippen LogP contribution in [0.2, 0.25) is 0 Å². The van der Waals surface area contributed by atoms with E-state index in [0.29, 0.717) is 38.3 Å². The largest absolute Gasteiger partial charge is 0.387 e. The summed E-state index contributed by atoms with van der Waals surface area (Å²) in [5.74, 6) is -0.212. The van der Waals surface area contributed by atoms with Crippen LogP contribution in [0.3, 0.4) is 0 Å². The Morgan fingerprint density at radius 1 is 0.898 bits per heavy atom. The summed E-state index contributed by atoms with van der Waals surface area (Å²) < 4.78 is 0. The summed E-state index contributed by atoms with van der Waals surface area (Å²) in [4.78, 5) is 80.2. The van der Waals surface area contributed by atoms with Crippen LogP contribution < -0.4 is 25.8 Å². The number of fused-ring (bicyclic) bond motifs is 2. The Morgan fingerprint density at radius 3 is 2.46 bits per heavy atom. The number of piperazine rings is 1. The minimum atomic E-state index is -1.00. The number of carbonyl (C=O) groups excluding carboxylic acids is 5. The van der Waals surface area contributed by atoms with Crippen molar-refractivity contribution in [3.8, 4) is 16.6 Å². The second-order valence-electron chi connectivity index (χ2n) is 15.6. The first kappa shape index (κ1) is 38.2. The molecule has 1 saturated carbocycles. The van der Waals surface area contributed by atoms with Crippen LogP contribution in [-0.4, -0.2) is 118 Å². The van der Waals surface area contributed by atoms with E-state index in [0.717, 1.165) is 87.7 Å². The van der Waals surface area contributed by atoms with Gasteiger partial charge in [0.05, 0.1) is 28.8 Å². The number of piperidine rings is 1. The second-order valence-corrected chi connectivity index (χ2v) is 16.6. The smallest absolute Gasteiger partial charge is 0.262 e. The molecule has 18 heteroatoms. The van der Waals surface area contributed by atoms with E-state index in [4.69, 9.17) is 4.98 Å². The van der Waals surface area contributed by atoms with Crippen LogP contribution in [0.15, 0.2) is 42.7 Å². The summed E-state index contributed by atoms with van der Waals surface area (Å²) in [6.45, 7) is 3.65. The Balaban J connectivity index is 0.743. The van der Waals surface area contributed by atoms with E-state index in [2.05, 4.69) is 51.9 Å². The maximum Gasteiger partial charge on any atom is 0.262 e. The van der Waals surface area contributed by atoms with Crippen molar-refractivity contribution < 1.29 is 24.0 Å². The van der Waals surface area contributed by atoms with E-state index in [-0.39, 0.29) is 41.8 Å². The molecule has 3 aromatic heterocycles. The molecular weight excluding hydrogens is 773 g/mol. The fourth-order valence-corrected chi connectivity index (χ4v) is 9.85. The van der Waals surface area contributed by atoms with Gasteiger partial charge < -0.3 is 20.4 Å². The number of rotatable bonds is 9. The van der Waals surface area contributed by atoms with E-state index in [1.54, 1.807) is 29.7 Å². The lowest BCUT2D eigenvalue weighted by Crippen LogP contribution is -2.54. The Hall–Kier alpha value is -6.32. The zero-order valence-electron chi connectivity index (χ0n) is 32.4. The van der Waals surface area contributed by atoms with Crippen LogP contribution in [0.25, 0.3) is 10.6 Å². The standard InChI is InChI=1S/C41H42N12O5S/c1-43-31-18-33(52-11-10-25-16-23(19-42)20-45-36(25)52)44-21-30(31)39-49-48-38(59-39)24-2-4-26(5-3-24)46-35(55)22-50-12-14-51(15-13-50)27-6-7-28-29(17-27)41(58)53(40(28)57)32-8-9-34(54)47-37(32)56/h6-7,16-18,20-21,24,26,32H,2-5,8-15,22H2,1H3,(H,43,44)(H,46,55)(H,47,54,56)/t24-,26-,32?. The predicted octanol–water partition coefficient (Wildman–Crippen LogP) is 2.97. The minimum Gasteiger partial charge on any atom is -0.387 e. The van der Waals surface area contributed by atoms with Gasteiger partial charge in [0.25, 0.3) is 11.8 Å². The third kappa shape index (κ3) is 7.36. The van der Waals surface area contributed by atoms with E-state index < -0.39 is 29.7 Å². The van der Waals surface area contributed by atoms with Crippen LogP contribution in [0.5, 0.6) is 0 Å². The van der Waals surface area contributed by atoms with Crippen LogP contribution in [0, 0.1) is 11.3 Å². The molecule has 1 aliphatic carbocycles. The van der Waals surface area contributed by atoms with Crippen molar-refractivity contribution in [3.63, 3.8) is 0 Å². The second kappa shape index (κ2) is 15.8. The number of aromatic nitrogens is 4. The third-order valence-corrected chi connectivity index (χ3v) is 13.1. The molecule has 0 bridgehead atoms. The zero-order chi connectivity index (χ0) is 40.8. The Morgan fingerprint density at radius 2 is 1.69 bits per heavy atom. The van der Waals surface area contributed by atoms with Crippen LogP contribution in [0.1, 0.15) is 81.3 Å². The summed E-state index contributed by atoms with van der Waals surface area (Å²) in [6, 6.07) is 10.3. The lowest BCUT2D eigenvalue weighted by atomic mass is 9.86. The summed E-state index contributed by atoms with van der Waals surface area (Å²) in [5.41, 5.74) is 4.68. The molecular formula is C41H42N12O5S. The number of imide groups is 2. The highest BCUT2D eigenvalue weighted by molar-refractivity contribution is 7.14. The van der Waals surface area contributed by atoms with Gasteiger partial charge in [0.15, 0.2) is 5.01 Å². The van der Waals surface area contributed by atoms with Crippen LogP contribution in [-0.2, 0) is 20.8 Å². The molecule has 4 aliphatic heterocycles. The van der Waals surface area contributed by atoms with E-state index in [1.807, 2.05) is 31.4 Å². The number of nitrogens with one attached hydrogen (secondary N) is 3. The molecule has 1 atom stereocenters. The number of nitriles is 1. The molecule has 0 spiro atoms. The first-order valence-corrected chi connectivity index (χ1v) is 20.8. The molecule has 2 saturated heterocycles. The van der Waals surface area contributed by atoms with Crippen LogP contribution in [0.4, 0.5) is 23.0 Å². The minimum absolute atomic E-state index is 0.00550. The van der Waals surface area contributed by atoms with Crippen molar-refractivity contribution in [3.05, 3.63) is 70.0 Å². The SMILES string of the molecule is CNc1cc(N2CCc3cc(C#N)cnc32)ncc1-c1nnc([C@H]2CC[C@H](NC(=O)CN3CCN(c4ccc5c(c4)C(=O)N(C4CCC(=O)NC4=O)C5=O)CC3)CC2)s1. The first-order valence-electron chi connectivity index (χ1n) is 20.0. The molecule has 5 aliphatic rings. The monoisotopic (exact) mass is 814 g/mol. The Kier molecular flexibility index (Phi) is 10.2. The average molecular weight is 815 g/mol. The summed E-state index contributed by atoms with van der Waals surface area (Å²) in [5, 5.41) is 29.0. The molecule has 5 amide bonds. The number of nitrogens with zero attached hydrogens (tertiary/aromatic N) is 9. The molecule has 9 rings (SSSR count). The first-order chi connectivity index (χ1) is 28.7. The highest BCUT2D eigenvalue weighted by Gasteiger charge is 2.45. The van der Waals surface area contributed by atoms with Gasteiger partial charge in [-0.3, -0.25) is 39.1 Å². The summed E-state index contributed by atoms with van der Waals surface area (Å²) in [6.07, 6.45) is 7.94. The number of benzene rings is 1. The Labute approximate surface area is 343 Å². The molecule has 4 aromatic rings. The molecule has 59 heavy (non-hydrogen) atoms. The molecule has 302 valence electrons. The quantitative estimate of drug-likeness (QED) is 0.208. The molecule has 17 nitrogen and oxygen atoms in total. The lowest BCUT2D eigenvalue weighted by molar-refractivity contribution is -0.136. The van der Waals surface area contributed by atoms with E-state index >= 15 is 0 Å². The van der Waals surface area contributed by atoms with Crippen molar-refractivity contribution in [1.82, 2.24) is 40.6 Å². The molecule has 3 N–H and O–H groups in total. The molecule has 3 fully saturated rings. The normalized spacial score (nSPS) is 21.9. The van der Waals surface area contributed by atoms with Gasteiger partial charge in [-0.25, -0.2) is 9.97 Å². The fraction of sp³-hybridized carbons (Fsp3) is 0.415. The third-order valence-electron chi connectivity index (χ3n) is 12.0. The maximum atomic E-state index is 13.3. The van der Waals surface area contributed by atoms with Crippen LogP contribution >= 0.6 is 11.3 Å². The van der Waals surface area contributed by atoms with Crippen molar-refractivity contribution in [2.75, 3.05) is 61.4 Å². The number of hydrogen-bond donors (Lipinski definition) is 3. The van der Waals surface area contributed by atoms with Crippen molar-refractivity contribution in [2.45, 2.75) is 62.9 Å². The summed E-state index contributed by atoms with van der Waals surface area (Å²) >= 11 is 1.59. The maximum absolute atomic E-state index is 13.3. The highest BCUT2D eigenvalue weighted by atomic mass is 32.1. The van der Waals surface area contributed by atoms with Gasteiger partial charge in [-0.2, -0.15) is 5.26 Å². The van der Waals surface area contributed by atoms with Gasteiger partial charge in [0.2, 0.25) is 17.7 Å². The molecule has 1 aromatic carbocycles. The van der Waals surface area contributed by atoms with Crippen molar-refractivity contribution in [2.24, 2.45) is 0 Å². The van der Waals surface area contributed by atoms with Gasteiger partial charge in [0.1, 0.15) is 28.8 Å². The molecule has 1 unspecified atom stereocenters. The Bertz CT molecular complexity index is 2410. The van der Waals surface area contributed by atoms with Gasteiger partial charge in [-0.05, 0) is 68.4 Å². The molecule has 0 radical (unpaired) electrons. The number of anilines is 4.